The molecule has 0 amide bonds. The molecule has 2 atom stereocenters. The van der Waals surface area contributed by atoms with Crippen molar-refractivity contribution in [1.29, 1.82) is 0 Å². The van der Waals surface area contributed by atoms with Gasteiger partial charge in [0.15, 0.2) is 0 Å². The highest BCUT2D eigenvalue weighted by Crippen LogP contribution is 2.31. The van der Waals surface area contributed by atoms with Crippen molar-refractivity contribution in [2.24, 2.45) is 0 Å². The lowest BCUT2D eigenvalue weighted by Gasteiger charge is -2.28. The minimum Gasteiger partial charge on any atom is -0.478 e. The summed E-state index contributed by atoms with van der Waals surface area (Å²) in [5.74, 6) is -1.16. The third kappa shape index (κ3) is 7.89. The number of aliphatic hydroxyl groups excluding tert-OH is 1. The molecule has 0 aromatic heterocycles. The van der Waals surface area contributed by atoms with Gasteiger partial charge in [-0.2, -0.15) is 0 Å². The number of benzene rings is 3. The molecule has 3 rings (SSSR count). The summed E-state index contributed by atoms with van der Waals surface area (Å²) in [6.07, 6.45) is 1.47. The van der Waals surface area contributed by atoms with Crippen LogP contribution in [0.5, 0.6) is 0 Å². The largest absolute Gasteiger partial charge is 0.478 e. The van der Waals surface area contributed by atoms with Crippen LogP contribution in [0, 0.1) is 12.7 Å². The van der Waals surface area contributed by atoms with Gasteiger partial charge in [-0.3, -0.25) is 0 Å². The van der Waals surface area contributed by atoms with Gasteiger partial charge < -0.3 is 20.3 Å². The molecule has 0 aliphatic heterocycles. The Bertz CT molecular complexity index is 1230. The number of nitrogens with one attached hydrogen (secondary N) is 1. The zero-order chi connectivity index (χ0) is 27.2. The fourth-order valence-electron chi connectivity index (χ4n) is 4.38. The molecular formula is C30H36FNO4S. The molecular weight excluding hydrogens is 489 g/mol. The zero-order valence-corrected chi connectivity index (χ0v) is 22.9. The molecule has 0 saturated heterocycles. The van der Waals surface area contributed by atoms with Gasteiger partial charge in [0, 0.05) is 17.0 Å². The van der Waals surface area contributed by atoms with Gasteiger partial charge in [-0.05, 0) is 86.4 Å². The molecule has 0 aliphatic carbocycles. The van der Waals surface area contributed by atoms with Crippen molar-refractivity contribution in [3.63, 3.8) is 0 Å². The minimum atomic E-state index is -0.944. The maximum atomic E-state index is 14.1. The molecule has 0 bridgehead atoms. The predicted molar refractivity (Wildman–Crippen MR) is 148 cm³/mol. The Morgan fingerprint density at radius 3 is 2.51 bits per heavy atom. The lowest BCUT2D eigenvalue weighted by molar-refractivity contribution is -0.00397. The van der Waals surface area contributed by atoms with Crippen LogP contribution < -0.4 is 5.32 Å². The molecule has 7 heteroatoms. The third-order valence-corrected chi connectivity index (χ3v) is 7.15. The summed E-state index contributed by atoms with van der Waals surface area (Å²) >= 11 is 1.38. The number of halogens is 1. The van der Waals surface area contributed by atoms with Crippen LogP contribution in [-0.2, 0) is 11.2 Å². The summed E-state index contributed by atoms with van der Waals surface area (Å²) in [6, 6.07) is 18.5. The van der Waals surface area contributed by atoms with Crippen LogP contribution in [0.15, 0.2) is 65.6 Å². The van der Waals surface area contributed by atoms with E-state index in [4.69, 9.17) is 4.74 Å². The van der Waals surface area contributed by atoms with Gasteiger partial charge in [-0.15, -0.1) is 11.8 Å². The van der Waals surface area contributed by atoms with Crippen molar-refractivity contribution < 1.29 is 24.1 Å². The zero-order valence-electron chi connectivity index (χ0n) is 22.0. The van der Waals surface area contributed by atoms with E-state index in [1.807, 2.05) is 69.5 Å². The monoisotopic (exact) mass is 525 g/mol. The second-order valence-electron chi connectivity index (χ2n) is 9.96. The molecule has 1 unspecified atom stereocenters. The number of carbonyl (C=O) groups is 1. The van der Waals surface area contributed by atoms with Crippen LogP contribution in [-0.4, -0.2) is 47.2 Å². The number of ether oxygens (including phenoxy) is 1. The normalized spacial score (nSPS) is 13.4. The van der Waals surface area contributed by atoms with Crippen molar-refractivity contribution in [2.75, 3.05) is 19.4 Å². The highest BCUT2D eigenvalue weighted by Gasteiger charge is 2.21. The topological polar surface area (TPSA) is 78.8 Å². The Morgan fingerprint density at radius 2 is 1.86 bits per heavy atom. The first-order chi connectivity index (χ1) is 17.5. The second kappa shape index (κ2) is 12.7. The van der Waals surface area contributed by atoms with Crippen LogP contribution in [0.1, 0.15) is 53.9 Å². The Kier molecular flexibility index (Phi) is 9.90. The fourth-order valence-corrected chi connectivity index (χ4v) is 4.83. The Hall–Kier alpha value is -2.71. The molecule has 0 spiro atoms. The van der Waals surface area contributed by atoms with E-state index in [2.05, 4.69) is 5.32 Å². The maximum Gasteiger partial charge on any atom is 0.335 e. The van der Waals surface area contributed by atoms with E-state index in [-0.39, 0.29) is 29.6 Å². The smallest absolute Gasteiger partial charge is 0.335 e. The van der Waals surface area contributed by atoms with E-state index in [0.29, 0.717) is 23.4 Å². The Balaban J connectivity index is 1.58. The first kappa shape index (κ1) is 28.9. The fraction of sp³-hybridized carbons (Fsp3) is 0.367. The number of aliphatic hydroxyl groups is 1. The van der Waals surface area contributed by atoms with E-state index < -0.39 is 12.1 Å². The number of carboxylic acid groups (broad SMARTS) is 1. The van der Waals surface area contributed by atoms with Gasteiger partial charge in [0.05, 0.1) is 24.4 Å². The Morgan fingerprint density at radius 1 is 1.14 bits per heavy atom. The number of carboxylic acids is 1. The van der Waals surface area contributed by atoms with Crippen LogP contribution in [0.25, 0.3) is 11.1 Å². The number of hydrogen-bond donors (Lipinski definition) is 3. The maximum absolute atomic E-state index is 14.1. The van der Waals surface area contributed by atoms with Crippen molar-refractivity contribution in [1.82, 2.24) is 5.32 Å². The van der Waals surface area contributed by atoms with Crippen LogP contribution in [0.3, 0.4) is 0 Å². The number of aryl methyl sites for hydroxylation is 1. The van der Waals surface area contributed by atoms with Gasteiger partial charge in [0.2, 0.25) is 0 Å². The van der Waals surface area contributed by atoms with Crippen molar-refractivity contribution in [3.8, 4) is 11.1 Å². The number of hydrogen-bond acceptors (Lipinski definition) is 5. The summed E-state index contributed by atoms with van der Waals surface area (Å²) in [5, 5.41) is 23.3. The molecule has 3 aromatic rings. The van der Waals surface area contributed by atoms with Crippen molar-refractivity contribution in [2.45, 2.75) is 56.8 Å². The first-order valence-electron chi connectivity index (χ1n) is 12.3. The lowest BCUT2D eigenvalue weighted by atomic mass is 9.94. The van der Waals surface area contributed by atoms with Gasteiger partial charge in [0.1, 0.15) is 5.82 Å². The molecule has 0 aliphatic rings. The van der Waals surface area contributed by atoms with Gasteiger partial charge in [-0.25, -0.2) is 9.18 Å². The number of β-amino-alcohol motifs (C(OH)–C–C–N with tert-alkyl or cyclic N) is 1. The molecule has 0 fully saturated rings. The predicted octanol–water partition coefficient (Wildman–Crippen LogP) is 6.27. The van der Waals surface area contributed by atoms with E-state index in [1.54, 1.807) is 25.1 Å². The Labute approximate surface area is 223 Å². The van der Waals surface area contributed by atoms with Crippen LogP contribution in [0.2, 0.25) is 0 Å². The van der Waals surface area contributed by atoms with Gasteiger partial charge in [-0.1, -0.05) is 42.5 Å². The summed E-state index contributed by atoms with van der Waals surface area (Å²) in [4.78, 5) is 12.0. The average Bonchev–Trinajstić information content (AvgIpc) is 2.85. The summed E-state index contributed by atoms with van der Waals surface area (Å²) in [5.41, 5.74) is 4.37. The quantitative estimate of drug-likeness (QED) is 0.242. The molecule has 3 aromatic carbocycles. The summed E-state index contributed by atoms with van der Waals surface area (Å²) < 4.78 is 20.2. The molecule has 198 valence electrons. The second-order valence-corrected chi connectivity index (χ2v) is 10.8. The van der Waals surface area contributed by atoms with Crippen molar-refractivity contribution in [3.05, 3.63) is 88.7 Å². The molecule has 3 N–H and O–H groups in total. The van der Waals surface area contributed by atoms with Gasteiger partial charge >= 0.3 is 5.97 Å². The SMILES string of the molecule is CSc1ccc(CC(C)(C)NCC(O)CO[C@H](C)c2ccccc2-c2ccc(C(=O)O)c(C)c2)cc1F. The average molecular weight is 526 g/mol. The molecule has 0 radical (unpaired) electrons. The standard InChI is InChI=1S/C30H36FNO4S/c1-19-14-22(11-12-24(19)29(34)35)26-9-7-6-8-25(26)20(2)36-18-23(33)17-32-30(3,4)16-21-10-13-28(37-5)27(31)15-21/h6-15,20,23,32-33H,16-18H2,1-5H3,(H,34,35)/t20-,23?/m1/s1. The summed E-state index contributed by atoms with van der Waals surface area (Å²) in [7, 11) is 0. The number of thioether (sulfide) groups is 1. The molecule has 0 saturated carbocycles. The minimum absolute atomic E-state index is 0.145. The highest BCUT2D eigenvalue weighted by molar-refractivity contribution is 7.98. The van der Waals surface area contributed by atoms with E-state index in [1.165, 1.54) is 11.8 Å². The lowest BCUT2D eigenvalue weighted by Crippen LogP contribution is -2.46. The summed E-state index contributed by atoms with van der Waals surface area (Å²) in [6.45, 7) is 8.26. The first-order valence-corrected chi connectivity index (χ1v) is 13.5. The molecule has 5 nitrogen and oxygen atoms in total. The van der Waals surface area contributed by atoms with E-state index in [9.17, 15) is 19.4 Å². The van der Waals surface area contributed by atoms with E-state index in [0.717, 1.165) is 22.3 Å². The van der Waals surface area contributed by atoms with Crippen LogP contribution in [0.4, 0.5) is 4.39 Å². The number of rotatable bonds is 12. The third-order valence-electron chi connectivity index (χ3n) is 6.38. The molecule has 37 heavy (non-hydrogen) atoms. The van der Waals surface area contributed by atoms with Gasteiger partial charge in [0.25, 0.3) is 0 Å². The van der Waals surface area contributed by atoms with Crippen LogP contribution >= 0.6 is 11.8 Å². The van der Waals surface area contributed by atoms with Crippen molar-refractivity contribution >= 4 is 17.7 Å². The molecule has 0 heterocycles. The number of aromatic carboxylic acids is 1. The van der Waals surface area contributed by atoms with E-state index >= 15 is 0 Å². The highest BCUT2D eigenvalue weighted by atomic mass is 32.2.